The molecule has 0 aliphatic heterocycles. The third-order valence-corrected chi connectivity index (χ3v) is 4.42. The number of carbonyl (C=O) groups is 1. The summed E-state index contributed by atoms with van der Waals surface area (Å²) in [7, 11) is 0. The highest BCUT2D eigenvalue weighted by atomic mass is 127. The van der Waals surface area contributed by atoms with Gasteiger partial charge >= 0.3 is 0 Å². The van der Waals surface area contributed by atoms with Gasteiger partial charge in [-0.1, -0.05) is 18.2 Å². The van der Waals surface area contributed by atoms with Crippen LogP contribution in [0.1, 0.15) is 21.7 Å². The van der Waals surface area contributed by atoms with E-state index in [2.05, 4.69) is 43.2 Å². The number of anilines is 3. The van der Waals surface area contributed by atoms with Crippen molar-refractivity contribution in [1.82, 2.24) is 9.97 Å². The van der Waals surface area contributed by atoms with E-state index < -0.39 is 0 Å². The topological polar surface area (TPSA) is 66.9 Å². The van der Waals surface area contributed by atoms with E-state index in [0.29, 0.717) is 17.2 Å². The predicted octanol–water partition coefficient (Wildman–Crippen LogP) is 4.69. The van der Waals surface area contributed by atoms with Crippen LogP contribution in [0.15, 0.2) is 54.6 Å². The maximum absolute atomic E-state index is 12.4. The molecule has 5 nitrogen and oxygen atoms in total. The first-order valence-electron chi connectivity index (χ1n) is 7.76. The minimum Gasteiger partial charge on any atom is -0.324 e. The van der Waals surface area contributed by atoms with Crippen molar-refractivity contribution in [3.05, 3.63) is 75.1 Å². The standard InChI is InChI=1S/C19H17IN4O/c1-12-10-13(2)22-19(21-12)24-15-7-5-6-14(11-15)23-18(25)16-8-3-4-9-17(16)20/h3-11H,1-2H3,(H,23,25)(H,21,22,24). The minimum atomic E-state index is -0.134. The van der Waals surface area contributed by atoms with E-state index in [1.54, 1.807) is 0 Å². The summed E-state index contributed by atoms with van der Waals surface area (Å²) in [4.78, 5) is 21.2. The summed E-state index contributed by atoms with van der Waals surface area (Å²) < 4.78 is 0.913. The van der Waals surface area contributed by atoms with Gasteiger partial charge in [-0.15, -0.1) is 0 Å². The zero-order valence-corrected chi connectivity index (χ0v) is 16.0. The second-order valence-electron chi connectivity index (χ2n) is 5.61. The highest BCUT2D eigenvalue weighted by Gasteiger charge is 2.10. The highest BCUT2D eigenvalue weighted by molar-refractivity contribution is 14.1. The lowest BCUT2D eigenvalue weighted by atomic mass is 10.2. The van der Waals surface area contributed by atoms with Gasteiger partial charge in [0, 0.05) is 26.3 Å². The van der Waals surface area contributed by atoms with E-state index in [1.165, 1.54) is 0 Å². The van der Waals surface area contributed by atoms with Gasteiger partial charge in [-0.2, -0.15) is 0 Å². The molecule has 0 bridgehead atoms. The zero-order valence-electron chi connectivity index (χ0n) is 13.9. The summed E-state index contributed by atoms with van der Waals surface area (Å²) in [5.74, 6) is 0.406. The molecule has 0 fully saturated rings. The zero-order chi connectivity index (χ0) is 17.8. The fourth-order valence-corrected chi connectivity index (χ4v) is 3.06. The Morgan fingerprint density at radius 2 is 1.60 bits per heavy atom. The molecule has 0 aliphatic carbocycles. The van der Waals surface area contributed by atoms with Gasteiger partial charge in [0.1, 0.15) is 0 Å². The summed E-state index contributed by atoms with van der Waals surface area (Å²) in [5, 5.41) is 6.10. The molecule has 2 aromatic carbocycles. The normalized spacial score (nSPS) is 10.4. The number of aromatic nitrogens is 2. The molecule has 0 unspecified atom stereocenters. The van der Waals surface area contributed by atoms with E-state index in [9.17, 15) is 4.79 Å². The van der Waals surface area contributed by atoms with E-state index in [0.717, 1.165) is 20.6 Å². The van der Waals surface area contributed by atoms with Crippen LogP contribution in [0.25, 0.3) is 0 Å². The molecule has 1 heterocycles. The van der Waals surface area contributed by atoms with Crippen molar-refractivity contribution in [3.8, 4) is 0 Å². The summed E-state index contributed by atoms with van der Waals surface area (Å²) in [6, 6.07) is 16.9. The summed E-state index contributed by atoms with van der Waals surface area (Å²) in [5.41, 5.74) is 3.97. The summed E-state index contributed by atoms with van der Waals surface area (Å²) in [6.45, 7) is 3.86. The van der Waals surface area contributed by atoms with E-state index >= 15 is 0 Å². The van der Waals surface area contributed by atoms with Crippen LogP contribution in [-0.2, 0) is 0 Å². The lowest BCUT2D eigenvalue weighted by Crippen LogP contribution is -2.13. The van der Waals surface area contributed by atoms with Gasteiger partial charge in [-0.05, 0) is 72.8 Å². The van der Waals surface area contributed by atoms with Gasteiger partial charge in [0.2, 0.25) is 5.95 Å². The molecule has 3 aromatic rings. The van der Waals surface area contributed by atoms with Crippen LogP contribution >= 0.6 is 22.6 Å². The number of aryl methyl sites for hydroxylation is 2. The molecule has 126 valence electrons. The summed E-state index contributed by atoms with van der Waals surface area (Å²) >= 11 is 2.16. The number of carbonyl (C=O) groups excluding carboxylic acids is 1. The smallest absolute Gasteiger partial charge is 0.256 e. The van der Waals surface area contributed by atoms with Crippen LogP contribution in [0.2, 0.25) is 0 Å². The van der Waals surface area contributed by atoms with E-state index in [4.69, 9.17) is 0 Å². The number of rotatable bonds is 4. The average Bonchev–Trinajstić information content (AvgIpc) is 2.54. The predicted molar refractivity (Wildman–Crippen MR) is 108 cm³/mol. The Balaban J connectivity index is 1.77. The quantitative estimate of drug-likeness (QED) is 0.573. The van der Waals surface area contributed by atoms with Crippen molar-refractivity contribution in [1.29, 1.82) is 0 Å². The van der Waals surface area contributed by atoms with Crippen molar-refractivity contribution in [2.45, 2.75) is 13.8 Å². The van der Waals surface area contributed by atoms with Crippen LogP contribution in [0.4, 0.5) is 17.3 Å². The van der Waals surface area contributed by atoms with Crippen LogP contribution in [0, 0.1) is 17.4 Å². The molecule has 0 aliphatic rings. The molecular formula is C19H17IN4O. The number of halogens is 1. The lowest BCUT2D eigenvalue weighted by molar-refractivity contribution is 0.102. The van der Waals surface area contributed by atoms with Crippen molar-refractivity contribution < 1.29 is 4.79 Å². The fourth-order valence-electron chi connectivity index (χ4n) is 2.43. The van der Waals surface area contributed by atoms with Crippen LogP contribution in [0.3, 0.4) is 0 Å². The molecule has 0 radical (unpaired) electrons. The number of benzene rings is 2. The molecule has 0 saturated carbocycles. The Hall–Kier alpha value is -2.48. The van der Waals surface area contributed by atoms with Crippen molar-refractivity contribution in [3.63, 3.8) is 0 Å². The Labute approximate surface area is 160 Å². The van der Waals surface area contributed by atoms with Gasteiger partial charge in [0.15, 0.2) is 0 Å². The van der Waals surface area contributed by atoms with E-state index in [1.807, 2.05) is 68.4 Å². The van der Waals surface area contributed by atoms with Gasteiger partial charge in [0.05, 0.1) is 5.56 Å². The first-order chi connectivity index (χ1) is 12.0. The average molecular weight is 444 g/mol. The first-order valence-corrected chi connectivity index (χ1v) is 8.84. The number of nitrogens with one attached hydrogen (secondary N) is 2. The molecule has 25 heavy (non-hydrogen) atoms. The fraction of sp³-hybridized carbons (Fsp3) is 0.105. The van der Waals surface area contributed by atoms with Gasteiger partial charge in [0.25, 0.3) is 5.91 Å². The monoisotopic (exact) mass is 444 g/mol. The molecule has 6 heteroatoms. The van der Waals surface area contributed by atoms with Gasteiger partial charge in [-0.25, -0.2) is 9.97 Å². The highest BCUT2D eigenvalue weighted by Crippen LogP contribution is 2.20. The van der Waals surface area contributed by atoms with Crippen molar-refractivity contribution in [2.24, 2.45) is 0 Å². The molecule has 0 saturated heterocycles. The number of hydrogen-bond donors (Lipinski definition) is 2. The maximum atomic E-state index is 12.4. The first kappa shape index (κ1) is 17.3. The number of amides is 1. The number of nitrogens with zero attached hydrogens (tertiary/aromatic N) is 2. The molecule has 1 amide bonds. The van der Waals surface area contributed by atoms with Gasteiger partial charge < -0.3 is 10.6 Å². The molecule has 3 rings (SSSR count). The Bertz CT molecular complexity index is 907. The van der Waals surface area contributed by atoms with Crippen molar-refractivity contribution in [2.75, 3.05) is 10.6 Å². The lowest BCUT2D eigenvalue weighted by Gasteiger charge is -2.10. The second-order valence-corrected chi connectivity index (χ2v) is 6.78. The second kappa shape index (κ2) is 7.60. The summed E-state index contributed by atoms with van der Waals surface area (Å²) in [6.07, 6.45) is 0. The SMILES string of the molecule is Cc1cc(C)nc(Nc2cccc(NC(=O)c3ccccc3I)c2)n1. The van der Waals surface area contributed by atoms with Gasteiger partial charge in [-0.3, -0.25) is 4.79 Å². The third-order valence-electron chi connectivity index (χ3n) is 3.48. The maximum Gasteiger partial charge on any atom is 0.256 e. The molecular weight excluding hydrogens is 427 g/mol. The molecule has 2 N–H and O–H groups in total. The van der Waals surface area contributed by atoms with Crippen LogP contribution < -0.4 is 10.6 Å². The minimum absolute atomic E-state index is 0.134. The third kappa shape index (κ3) is 4.54. The largest absolute Gasteiger partial charge is 0.324 e. The number of hydrogen-bond acceptors (Lipinski definition) is 4. The molecule has 0 atom stereocenters. The molecule has 0 spiro atoms. The van der Waals surface area contributed by atoms with Crippen LogP contribution in [0.5, 0.6) is 0 Å². The Kier molecular flexibility index (Phi) is 5.28. The Morgan fingerprint density at radius 3 is 2.32 bits per heavy atom. The molecule has 1 aromatic heterocycles. The Morgan fingerprint density at radius 1 is 0.920 bits per heavy atom. The van der Waals surface area contributed by atoms with Crippen molar-refractivity contribution >= 4 is 45.8 Å². The van der Waals surface area contributed by atoms with Crippen LogP contribution in [-0.4, -0.2) is 15.9 Å². The van der Waals surface area contributed by atoms with E-state index in [-0.39, 0.29) is 5.91 Å².